The second-order valence-corrected chi connectivity index (χ2v) is 5.12. The first kappa shape index (κ1) is 13.6. The van der Waals surface area contributed by atoms with Gasteiger partial charge in [0.15, 0.2) is 0 Å². The predicted molar refractivity (Wildman–Crippen MR) is 78.2 cm³/mol. The van der Waals surface area contributed by atoms with Crippen molar-refractivity contribution in [3.63, 3.8) is 0 Å². The molecule has 0 heterocycles. The summed E-state index contributed by atoms with van der Waals surface area (Å²) in [7, 11) is 0. The van der Waals surface area contributed by atoms with Gasteiger partial charge in [0.1, 0.15) is 12.4 Å². The number of hydrogen-bond acceptors (Lipinski definition) is 2. The second kappa shape index (κ2) is 5.89. The van der Waals surface area contributed by atoms with Crippen LogP contribution in [0.3, 0.4) is 0 Å². The van der Waals surface area contributed by atoms with Gasteiger partial charge in [-0.05, 0) is 48.4 Å². The van der Waals surface area contributed by atoms with Gasteiger partial charge in [-0.2, -0.15) is 0 Å². The smallest absolute Gasteiger partial charge is 0.248 e. The third kappa shape index (κ3) is 3.58. The lowest BCUT2D eigenvalue weighted by atomic mass is 10.1. The molecule has 0 aliphatic heterocycles. The fraction of sp³-hybridized carbons (Fsp3) is 0.133. The van der Waals surface area contributed by atoms with Crippen molar-refractivity contribution in [1.82, 2.24) is 0 Å². The van der Waals surface area contributed by atoms with E-state index in [0.29, 0.717) is 12.2 Å². The van der Waals surface area contributed by atoms with Crippen LogP contribution in [0.1, 0.15) is 21.5 Å². The lowest BCUT2D eigenvalue weighted by Crippen LogP contribution is -2.10. The van der Waals surface area contributed by atoms with E-state index in [1.807, 2.05) is 37.3 Å². The maximum atomic E-state index is 10.9. The molecule has 1 amide bonds. The molecule has 2 rings (SSSR count). The van der Waals surface area contributed by atoms with Crippen LogP contribution in [0.5, 0.6) is 5.75 Å². The van der Waals surface area contributed by atoms with E-state index in [9.17, 15) is 4.79 Å². The Balaban J connectivity index is 2.01. The van der Waals surface area contributed by atoms with Gasteiger partial charge in [0, 0.05) is 10.0 Å². The number of hydrogen-bond donors (Lipinski definition) is 1. The van der Waals surface area contributed by atoms with Crippen LogP contribution in [0.2, 0.25) is 0 Å². The molecule has 4 heteroatoms. The Kier molecular flexibility index (Phi) is 4.22. The van der Waals surface area contributed by atoms with E-state index >= 15 is 0 Å². The van der Waals surface area contributed by atoms with Crippen LogP contribution in [0.15, 0.2) is 46.9 Å². The summed E-state index contributed by atoms with van der Waals surface area (Å²) in [6.45, 7) is 2.47. The summed E-state index contributed by atoms with van der Waals surface area (Å²) in [4.78, 5) is 10.9. The molecule has 0 radical (unpaired) electrons. The lowest BCUT2D eigenvalue weighted by Gasteiger charge is -2.08. The van der Waals surface area contributed by atoms with Crippen LogP contribution in [0.4, 0.5) is 0 Å². The number of nitrogens with two attached hydrogens (primary N) is 1. The highest BCUT2D eigenvalue weighted by atomic mass is 79.9. The molecule has 0 saturated heterocycles. The number of aryl methyl sites for hydroxylation is 1. The molecule has 0 unspecified atom stereocenters. The molecule has 3 nitrogen and oxygen atoms in total. The van der Waals surface area contributed by atoms with Crippen LogP contribution in [-0.4, -0.2) is 5.91 Å². The molecule has 0 aromatic heterocycles. The Morgan fingerprint density at radius 1 is 1.21 bits per heavy atom. The average molecular weight is 320 g/mol. The van der Waals surface area contributed by atoms with E-state index < -0.39 is 5.91 Å². The highest BCUT2D eigenvalue weighted by Gasteiger charge is 2.02. The van der Waals surface area contributed by atoms with Gasteiger partial charge in [0.05, 0.1) is 0 Å². The molecule has 0 aliphatic rings. The van der Waals surface area contributed by atoms with Crippen molar-refractivity contribution in [1.29, 1.82) is 0 Å². The number of carbonyl (C=O) groups is 1. The van der Waals surface area contributed by atoms with Gasteiger partial charge >= 0.3 is 0 Å². The van der Waals surface area contributed by atoms with Crippen LogP contribution in [-0.2, 0) is 6.61 Å². The molecule has 0 atom stereocenters. The normalized spacial score (nSPS) is 10.2. The first-order valence-electron chi connectivity index (χ1n) is 5.84. The van der Waals surface area contributed by atoms with Gasteiger partial charge < -0.3 is 10.5 Å². The quantitative estimate of drug-likeness (QED) is 0.938. The molecular weight excluding hydrogens is 306 g/mol. The standard InChI is InChI=1S/C15H14BrNO2/c1-10-8-13(6-7-14(10)16)19-9-11-2-4-12(5-3-11)15(17)18/h2-8H,9H2,1H3,(H2,17,18). The average Bonchev–Trinajstić information content (AvgIpc) is 2.40. The summed E-state index contributed by atoms with van der Waals surface area (Å²) in [6, 6.07) is 12.9. The molecule has 98 valence electrons. The minimum Gasteiger partial charge on any atom is -0.489 e. The molecule has 2 N–H and O–H groups in total. The Labute approximate surface area is 120 Å². The maximum Gasteiger partial charge on any atom is 0.248 e. The minimum absolute atomic E-state index is 0.420. The lowest BCUT2D eigenvalue weighted by molar-refractivity contribution is 0.1000. The molecule has 0 fully saturated rings. The minimum atomic E-state index is -0.420. The zero-order valence-corrected chi connectivity index (χ0v) is 12.1. The fourth-order valence-corrected chi connectivity index (χ4v) is 1.89. The number of rotatable bonds is 4. The summed E-state index contributed by atoms with van der Waals surface area (Å²) < 4.78 is 6.75. The molecule has 0 bridgehead atoms. The zero-order valence-electron chi connectivity index (χ0n) is 10.5. The Bertz CT molecular complexity index is 594. The van der Waals surface area contributed by atoms with Crippen molar-refractivity contribution < 1.29 is 9.53 Å². The third-order valence-electron chi connectivity index (χ3n) is 2.77. The largest absolute Gasteiger partial charge is 0.489 e. The van der Waals surface area contributed by atoms with Crippen LogP contribution in [0, 0.1) is 6.92 Å². The van der Waals surface area contributed by atoms with E-state index in [2.05, 4.69) is 15.9 Å². The van der Waals surface area contributed by atoms with Crippen molar-refractivity contribution in [2.24, 2.45) is 5.73 Å². The van der Waals surface area contributed by atoms with Gasteiger partial charge in [-0.1, -0.05) is 28.1 Å². The number of ether oxygens (including phenoxy) is 1. The van der Waals surface area contributed by atoms with Gasteiger partial charge in [-0.3, -0.25) is 4.79 Å². The van der Waals surface area contributed by atoms with Crippen LogP contribution >= 0.6 is 15.9 Å². The maximum absolute atomic E-state index is 10.9. The van der Waals surface area contributed by atoms with Crippen molar-refractivity contribution in [3.05, 3.63) is 63.6 Å². The molecule has 0 spiro atoms. The Hall–Kier alpha value is -1.81. The molecule has 2 aromatic carbocycles. The van der Waals surface area contributed by atoms with E-state index in [1.54, 1.807) is 12.1 Å². The fourth-order valence-electron chi connectivity index (χ4n) is 1.64. The highest BCUT2D eigenvalue weighted by Crippen LogP contribution is 2.22. The summed E-state index contributed by atoms with van der Waals surface area (Å²) in [6.07, 6.45) is 0. The number of primary amides is 1. The number of benzene rings is 2. The molecular formula is C15H14BrNO2. The first-order chi connectivity index (χ1) is 9.06. The van der Waals surface area contributed by atoms with Gasteiger partial charge in [-0.25, -0.2) is 0 Å². The van der Waals surface area contributed by atoms with Crippen LogP contribution < -0.4 is 10.5 Å². The van der Waals surface area contributed by atoms with Crippen molar-refractivity contribution >= 4 is 21.8 Å². The number of halogens is 1. The first-order valence-corrected chi connectivity index (χ1v) is 6.63. The summed E-state index contributed by atoms with van der Waals surface area (Å²) in [5.41, 5.74) is 7.81. The topological polar surface area (TPSA) is 52.3 Å². The van der Waals surface area contributed by atoms with Gasteiger partial charge in [0.25, 0.3) is 0 Å². The number of amides is 1. The SMILES string of the molecule is Cc1cc(OCc2ccc(C(N)=O)cc2)ccc1Br. The van der Waals surface area contributed by atoms with Crippen molar-refractivity contribution in [2.75, 3.05) is 0 Å². The predicted octanol–water partition coefficient (Wildman–Crippen LogP) is 3.44. The van der Waals surface area contributed by atoms with Crippen molar-refractivity contribution in [3.8, 4) is 5.75 Å². The summed E-state index contributed by atoms with van der Waals surface area (Å²) >= 11 is 3.45. The highest BCUT2D eigenvalue weighted by molar-refractivity contribution is 9.10. The molecule has 0 aliphatic carbocycles. The monoisotopic (exact) mass is 319 g/mol. The van der Waals surface area contributed by atoms with Crippen LogP contribution in [0.25, 0.3) is 0 Å². The second-order valence-electron chi connectivity index (χ2n) is 4.26. The molecule has 0 saturated carbocycles. The summed E-state index contributed by atoms with van der Waals surface area (Å²) in [5.74, 6) is 0.399. The summed E-state index contributed by atoms with van der Waals surface area (Å²) in [5, 5.41) is 0. The number of carbonyl (C=O) groups excluding carboxylic acids is 1. The molecule has 19 heavy (non-hydrogen) atoms. The Morgan fingerprint density at radius 2 is 1.89 bits per heavy atom. The van der Waals surface area contributed by atoms with E-state index in [0.717, 1.165) is 21.3 Å². The Morgan fingerprint density at radius 3 is 2.47 bits per heavy atom. The van der Waals surface area contributed by atoms with E-state index in [1.165, 1.54) is 0 Å². The zero-order chi connectivity index (χ0) is 13.8. The third-order valence-corrected chi connectivity index (χ3v) is 3.66. The van der Waals surface area contributed by atoms with Gasteiger partial charge in [0.2, 0.25) is 5.91 Å². The van der Waals surface area contributed by atoms with E-state index in [4.69, 9.17) is 10.5 Å². The molecule has 2 aromatic rings. The van der Waals surface area contributed by atoms with E-state index in [-0.39, 0.29) is 0 Å². The van der Waals surface area contributed by atoms with Crippen molar-refractivity contribution in [2.45, 2.75) is 13.5 Å². The van der Waals surface area contributed by atoms with Gasteiger partial charge in [-0.15, -0.1) is 0 Å².